The molecule has 0 aromatic heterocycles. The minimum atomic E-state index is -1.18. The summed E-state index contributed by atoms with van der Waals surface area (Å²) in [6.45, 7) is 4.66. The highest BCUT2D eigenvalue weighted by atomic mass is 19.2. The molecule has 1 saturated heterocycles. The first-order valence-corrected chi connectivity index (χ1v) is 7.08. The molecule has 1 N–H and O–H groups in total. The number of methoxy groups -OCH3 is 1. The molecule has 6 heteroatoms. The van der Waals surface area contributed by atoms with Gasteiger partial charge >= 0.3 is 5.97 Å². The van der Waals surface area contributed by atoms with Gasteiger partial charge in [0.25, 0.3) is 0 Å². The van der Waals surface area contributed by atoms with Gasteiger partial charge in [0, 0.05) is 12.6 Å². The van der Waals surface area contributed by atoms with Gasteiger partial charge in [0.2, 0.25) is 0 Å². The van der Waals surface area contributed by atoms with E-state index in [4.69, 9.17) is 0 Å². The molecule has 1 heterocycles. The number of anilines is 1. The first kappa shape index (κ1) is 15.7. The zero-order chi connectivity index (χ0) is 15.4. The van der Waals surface area contributed by atoms with E-state index in [1.165, 1.54) is 25.0 Å². The Morgan fingerprint density at radius 3 is 2.62 bits per heavy atom. The van der Waals surface area contributed by atoms with E-state index in [1.54, 1.807) is 0 Å². The number of nitrogens with zero attached hydrogens (tertiary/aromatic N) is 1. The zero-order valence-electron chi connectivity index (χ0n) is 12.3. The molecular formula is C15H20F2N2O2. The second-order valence-corrected chi connectivity index (χ2v) is 5.25. The van der Waals surface area contributed by atoms with Crippen molar-refractivity contribution in [2.75, 3.05) is 32.1 Å². The molecule has 1 aliphatic rings. The van der Waals surface area contributed by atoms with Gasteiger partial charge in [-0.15, -0.1) is 0 Å². The van der Waals surface area contributed by atoms with E-state index < -0.39 is 23.2 Å². The maximum atomic E-state index is 13.9. The molecule has 0 aliphatic carbocycles. The van der Waals surface area contributed by atoms with Crippen LogP contribution in [0.4, 0.5) is 14.5 Å². The van der Waals surface area contributed by atoms with Crippen LogP contribution in [0.5, 0.6) is 0 Å². The third-order valence-corrected chi connectivity index (χ3v) is 3.84. The summed E-state index contributed by atoms with van der Waals surface area (Å²) in [6, 6.07) is 2.84. The molecule has 0 saturated carbocycles. The van der Waals surface area contributed by atoms with Gasteiger partial charge in [-0.2, -0.15) is 0 Å². The average Bonchev–Trinajstić information content (AvgIpc) is 3.02. The molecule has 116 valence electrons. The monoisotopic (exact) mass is 298 g/mol. The van der Waals surface area contributed by atoms with Crippen molar-refractivity contribution in [3.63, 3.8) is 0 Å². The summed E-state index contributed by atoms with van der Waals surface area (Å²) in [5.74, 6) is -3.12. The van der Waals surface area contributed by atoms with Crippen molar-refractivity contribution in [3.05, 3.63) is 29.3 Å². The highest BCUT2D eigenvalue weighted by Crippen LogP contribution is 2.22. The number of ether oxygens (including phenoxy) is 1. The molecule has 1 aromatic carbocycles. The Balaban J connectivity index is 2.03. The van der Waals surface area contributed by atoms with Crippen LogP contribution in [0.15, 0.2) is 12.1 Å². The normalized spacial score (nSPS) is 16.8. The van der Waals surface area contributed by atoms with Crippen molar-refractivity contribution in [2.24, 2.45) is 0 Å². The molecular weight excluding hydrogens is 278 g/mol. The van der Waals surface area contributed by atoms with Gasteiger partial charge < -0.3 is 10.1 Å². The summed E-state index contributed by atoms with van der Waals surface area (Å²) >= 11 is 0. The first-order chi connectivity index (χ1) is 10.0. The third-order valence-electron chi connectivity index (χ3n) is 3.84. The predicted molar refractivity (Wildman–Crippen MR) is 76.5 cm³/mol. The molecule has 1 unspecified atom stereocenters. The van der Waals surface area contributed by atoms with Crippen molar-refractivity contribution < 1.29 is 18.3 Å². The van der Waals surface area contributed by atoms with Crippen LogP contribution in [-0.4, -0.2) is 43.7 Å². The van der Waals surface area contributed by atoms with E-state index >= 15 is 0 Å². The number of halogens is 2. The highest BCUT2D eigenvalue weighted by molar-refractivity contribution is 5.90. The average molecular weight is 298 g/mol. The molecule has 0 amide bonds. The number of esters is 1. The van der Waals surface area contributed by atoms with Gasteiger partial charge in [-0.3, -0.25) is 4.90 Å². The van der Waals surface area contributed by atoms with Gasteiger partial charge in [0.05, 0.1) is 18.4 Å². The molecule has 2 rings (SSSR count). The molecule has 1 aliphatic heterocycles. The van der Waals surface area contributed by atoms with Gasteiger partial charge in [-0.25, -0.2) is 13.6 Å². The van der Waals surface area contributed by atoms with Crippen LogP contribution < -0.4 is 5.32 Å². The molecule has 0 spiro atoms. The Morgan fingerprint density at radius 2 is 2.00 bits per heavy atom. The molecule has 4 nitrogen and oxygen atoms in total. The quantitative estimate of drug-likeness (QED) is 0.849. The summed E-state index contributed by atoms with van der Waals surface area (Å²) in [7, 11) is 1.13. The topological polar surface area (TPSA) is 41.6 Å². The summed E-state index contributed by atoms with van der Waals surface area (Å²) in [4.78, 5) is 13.6. The molecule has 1 atom stereocenters. The Labute approximate surface area is 123 Å². The number of carbonyl (C=O) groups is 1. The Bertz CT molecular complexity index is 517. The number of hydrogen-bond donors (Lipinski definition) is 1. The van der Waals surface area contributed by atoms with Gasteiger partial charge in [0.1, 0.15) is 0 Å². The van der Waals surface area contributed by atoms with Crippen LogP contribution in [-0.2, 0) is 4.74 Å². The predicted octanol–water partition coefficient (Wildman–Crippen LogP) is 2.65. The molecule has 21 heavy (non-hydrogen) atoms. The van der Waals surface area contributed by atoms with Gasteiger partial charge in [-0.1, -0.05) is 0 Å². The lowest BCUT2D eigenvalue weighted by Crippen LogP contribution is -2.35. The number of benzene rings is 1. The standard InChI is InChI=1S/C15H20F2N2O2/c1-10(19-7-3-4-8-19)9-18-12-6-5-11(15(20)21-2)13(16)14(12)17/h5-6,10,18H,3-4,7-9H2,1-2H3. The maximum Gasteiger partial charge on any atom is 0.340 e. The molecule has 0 radical (unpaired) electrons. The third kappa shape index (κ3) is 3.50. The number of hydrogen-bond acceptors (Lipinski definition) is 4. The lowest BCUT2D eigenvalue weighted by molar-refractivity contribution is 0.0594. The van der Waals surface area contributed by atoms with Crippen molar-refractivity contribution in [1.29, 1.82) is 0 Å². The second-order valence-electron chi connectivity index (χ2n) is 5.25. The van der Waals surface area contributed by atoms with Crippen molar-refractivity contribution in [2.45, 2.75) is 25.8 Å². The number of likely N-dealkylation sites (tertiary alicyclic amines) is 1. The van der Waals surface area contributed by atoms with Gasteiger partial charge in [-0.05, 0) is 45.0 Å². The molecule has 0 bridgehead atoms. The fourth-order valence-corrected chi connectivity index (χ4v) is 2.52. The van der Waals surface area contributed by atoms with Crippen LogP contribution in [0.3, 0.4) is 0 Å². The minimum Gasteiger partial charge on any atom is -0.465 e. The largest absolute Gasteiger partial charge is 0.465 e. The smallest absolute Gasteiger partial charge is 0.340 e. The minimum absolute atomic E-state index is 0.0613. The zero-order valence-corrected chi connectivity index (χ0v) is 12.3. The number of rotatable bonds is 5. The van der Waals surface area contributed by atoms with E-state index in [2.05, 4.69) is 21.9 Å². The molecule has 1 fully saturated rings. The van der Waals surface area contributed by atoms with E-state index in [0.29, 0.717) is 6.54 Å². The van der Waals surface area contributed by atoms with Gasteiger partial charge in [0.15, 0.2) is 11.6 Å². The van der Waals surface area contributed by atoms with Crippen molar-refractivity contribution >= 4 is 11.7 Å². The summed E-state index contributed by atoms with van der Waals surface area (Å²) in [5, 5.41) is 2.91. The number of carbonyl (C=O) groups excluding carboxylic acids is 1. The first-order valence-electron chi connectivity index (χ1n) is 7.08. The summed E-state index contributed by atoms with van der Waals surface area (Å²) < 4.78 is 32.1. The second kappa shape index (κ2) is 6.85. The summed E-state index contributed by atoms with van der Waals surface area (Å²) in [5.41, 5.74) is -0.334. The Kier molecular flexibility index (Phi) is 5.12. The Morgan fingerprint density at radius 1 is 1.33 bits per heavy atom. The SMILES string of the molecule is COC(=O)c1ccc(NCC(C)N2CCCC2)c(F)c1F. The lowest BCUT2D eigenvalue weighted by atomic mass is 10.1. The van der Waals surface area contributed by atoms with Crippen LogP contribution >= 0.6 is 0 Å². The van der Waals surface area contributed by atoms with E-state index in [1.807, 2.05) is 0 Å². The lowest BCUT2D eigenvalue weighted by Gasteiger charge is -2.24. The highest BCUT2D eigenvalue weighted by Gasteiger charge is 2.21. The van der Waals surface area contributed by atoms with Crippen LogP contribution in [0.25, 0.3) is 0 Å². The van der Waals surface area contributed by atoms with E-state index in [-0.39, 0.29) is 11.7 Å². The maximum absolute atomic E-state index is 13.9. The van der Waals surface area contributed by atoms with Crippen LogP contribution in [0.2, 0.25) is 0 Å². The summed E-state index contributed by atoms with van der Waals surface area (Å²) in [6.07, 6.45) is 2.36. The van der Waals surface area contributed by atoms with Crippen LogP contribution in [0.1, 0.15) is 30.1 Å². The van der Waals surface area contributed by atoms with Crippen molar-refractivity contribution in [3.8, 4) is 0 Å². The van der Waals surface area contributed by atoms with Crippen LogP contribution in [0, 0.1) is 11.6 Å². The number of nitrogens with one attached hydrogen (secondary N) is 1. The van der Waals surface area contributed by atoms with Crippen molar-refractivity contribution in [1.82, 2.24) is 4.90 Å². The van der Waals surface area contributed by atoms with E-state index in [0.717, 1.165) is 20.2 Å². The Hall–Kier alpha value is -1.69. The van der Waals surface area contributed by atoms with E-state index in [9.17, 15) is 13.6 Å². The molecule has 1 aromatic rings. The fraction of sp³-hybridized carbons (Fsp3) is 0.533. The fourth-order valence-electron chi connectivity index (χ4n) is 2.52.